The summed E-state index contributed by atoms with van der Waals surface area (Å²) in [6.45, 7) is 3.84. The van der Waals surface area contributed by atoms with Gasteiger partial charge in [0.25, 0.3) is 0 Å². The molecule has 0 atom stereocenters. The maximum Gasteiger partial charge on any atom is 0.141 e. The van der Waals surface area contributed by atoms with Crippen LogP contribution in [0, 0.1) is 0 Å². The number of hydrogen-bond donors (Lipinski definition) is 0. The van der Waals surface area contributed by atoms with Crippen molar-refractivity contribution in [3.05, 3.63) is 16.8 Å². The maximum atomic E-state index is 5.54. The van der Waals surface area contributed by atoms with E-state index in [9.17, 15) is 0 Å². The van der Waals surface area contributed by atoms with E-state index < -0.39 is 0 Å². The molecule has 4 rings (SSSR count). The van der Waals surface area contributed by atoms with Gasteiger partial charge >= 0.3 is 0 Å². The van der Waals surface area contributed by atoms with Crippen LogP contribution in [0.4, 0.5) is 5.82 Å². The molecule has 2 aromatic heterocycles. The van der Waals surface area contributed by atoms with Crippen molar-refractivity contribution in [3.63, 3.8) is 0 Å². The van der Waals surface area contributed by atoms with Crippen LogP contribution in [-0.2, 0) is 17.8 Å². The van der Waals surface area contributed by atoms with E-state index in [1.807, 2.05) is 0 Å². The molecule has 1 fully saturated rings. The smallest absolute Gasteiger partial charge is 0.141 e. The van der Waals surface area contributed by atoms with Crippen molar-refractivity contribution < 1.29 is 4.74 Å². The first-order valence-electron chi connectivity index (χ1n) is 6.51. The van der Waals surface area contributed by atoms with Gasteiger partial charge in [0, 0.05) is 18.0 Å². The second kappa shape index (κ2) is 4.17. The second-order valence-electron chi connectivity index (χ2n) is 4.88. The van der Waals surface area contributed by atoms with Gasteiger partial charge in [0.15, 0.2) is 0 Å². The Hall–Kier alpha value is -1.20. The third-order valence-corrected chi connectivity index (χ3v) is 4.90. The van der Waals surface area contributed by atoms with Crippen LogP contribution in [0.2, 0.25) is 0 Å². The van der Waals surface area contributed by atoms with E-state index in [0.29, 0.717) is 0 Å². The lowest BCUT2D eigenvalue weighted by molar-refractivity contribution is 0.114. The molecule has 0 aromatic carbocycles. The van der Waals surface area contributed by atoms with E-state index in [-0.39, 0.29) is 0 Å². The molecule has 4 heterocycles. The fourth-order valence-electron chi connectivity index (χ4n) is 2.91. The Labute approximate surface area is 110 Å². The summed E-state index contributed by atoms with van der Waals surface area (Å²) in [6, 6.07) is 0. The van der Waals surface area contributed by atoms with Crippen molar-refractivity contribution in [2.24, 2.45) is 0 Å². The largest absolute Gasteiger partial charge is 0.376 e. The van der Waals surface area contributed by atoms with E-state index in [2.05, 4.69) is 14.9 Å². The predicted octanol–water partition coefficient (Wildman–Crippen LogP) is 2.36. The zero-order valence-electron chi connectivity index (χ0n) is 10.2. The second-order valence-corrected chi connectivity index (χ2v) is 5.96. The highest BCUT2D eigenvalue weighted by Gasteiger charge is 2.23. The fourth-order valence-corrected chi connectivity index (χ4v) is 4.03. The molecule has 1 saturated heterocycles. The van der Waals surface area contributed by atoms with Gasteiger partial charge in [-0.05, 0) is 24.8 Å². The van der Waals surface area contributed by atoms with E-state index >= 15 is 0 Å². The third kappa shape index (κ3) is 1.54. The van der Waals surface area contributed by atoms with Gasteiger partial charge in [-0.15, -0.1) is 11.3 Å². The molecule has 2 aromatic rings. The molecule has 2 aliphatic heterocycles. The topological polar surface area (TPSA) is 38.2 Å². The van der Waals surface area contributed by atoms with Gasteiger partial charge in [0.05, 0.1) is 18.6 Å². The normalized spacial score (nSPS) is 19.4. The molecule has 0 N–H and O–H groups in total. The van der Waals surface area contributed by atoms with Gasteiger partial charge in [-0.1, -0.05) is 0 Å². The number of fused-ring (bicyclic) bond motifs is 3. The fraction of sp³-hybridized carbons (Fsp3) is 0.538. The lowest BCUT2D eigenvalue weighted by Crippen LogP contribution is -2.19. The standard InChI is InChI=1S/C13H15N3OS/c1-2-5-16(4-1)12-11-9-3-6-17-7-10(9)18-13(11)15-8-14-12/h8H,1-7H2. The van der Waals surface area contributed by atoms with Crippen molar-refractivity contribution >= 4 is 27.4 Å². The van der Waals surface area contributed by atoms with Crippen molar-refractivity contribution in [3.8, 4) is 0 Å². The van der Waals surface area contributed by atoms with Crippen molar-refractivity contribution in [1.82, 2.24) is 9.97 Å². The molecule has 4 nitrogen and oxygen atoms in total. The number of ether oxygens (including phenoxy) is 1. The highest BCUT2D eigenvalue weighted by Crippen LogP contribution is 2.38. The zero-order chi connectivity index (χ0) is 11.9. The van der Waals surface area contributed by atoms with Crippen LogP contribution >= 0.6 is 11.3 Å². The number of aromatic nitrogens is 2. The van der Waals surface area contributed by atoms with Crippen LogP contribution in [0.5, 0.6) is 0 Å². The lowest BCUT2D eigenvalue weighted by atomic mass is 10.1. The van der Waals surface area contributed by atoms with E-state index in [4.69, 9.17) is 4.74 Å². The molecule has 2 aliphatic rings. The van der Waals surface area contributed by atoms with E-state index in [1.165, 1.54) is 28.7 Å². The Morgan fingerprint density at radius 2 is 2.11 bits per heavy atom. The van der Waals surface area contributed by atoms with E-state index in [1.54, 1.807) is 17.7 Å². The molecular weight excluding hydrogens is 246 g/mol. The molecule has 18 heavy (non-hydrogen) atoms. The van der Waals surface area contributed by atoms with Crippen LogP contribution < -0.4 is 4.90 Å². The summed E-state index contributed by atoms with van der Waals surface area (Å²) >= 11 is 1.77. The molecular formula is C13H15N3OS. The first-order valence-corrected chi connectivity index (χ1v) is 7.33. The molecule has 5 heteroatoms. The molecule has 0 unspecified atom stereocenters. The van der Waals surface area contributed by atoms with Gasteiger partial charge in [-0.2, -0.15) is 0 Å². The Morgan fingerprint density at radius 3 is 3.00 bits per heavy atom. The van der Waals surface area contributed by atoms with Gasteiger partial charge in [-0.3, -0.25) is 0 Å². The summed E-state index contributed by atoms with van der Waals surface area (Å²) in [5.74, 6) is 1.15. The van der Waals surface area contributed by atoms with Crippen LogP contribution in [0.25, 0.3) is 10.2 Å². The summed E-state index contributed by atoms with van der Waals surface area (Å²) in [4.78, 5) is 13.9. The summed E-state index contributed by atoms with van der Waals surface area (Å²) in [5, 5.41) is 1.29. The van der Waals surface area contributed by atoms with Crippen molar-refractivity contribution in [2.45, 2.75) is 25.9 Å². The minimum atomic E-state index is 0.746. The number of hydrogen-bond acceptors (Lipinski definition) is 5. The summed E-state index contributed by atoms with van der Waals surface area (Å²) in [5.41, 5.74) is 1.43. The molecule has 0 aliphatic carbocycles. The summed E-state index contributed by atoms with van der Waals surface area (Å²) in [6.07, 6.45) is 5.27. The minimum absolute atomic E-state index is 0.746. The van der Waals surface area contributed by atoms with Gasteiger partial charge in [0.1, 0.15) is 17.0 Å². The summed E-state index contributed by atoms with van der Waals surface area (Å²) < 4.78 is 5.54. The zero-order valence-corrected chi connectivity index (χ0v) is 11.0. The van der Waals surface area contributed by atoms with Crippen LogP contribution in [0.15, 0.2) is 6.33 Å². The Kier molecular flexibility index (Phi) is 2.48. The lowest BCUT2D eigenvalue weighted by Gasteiger charge is -2.18. The monoisotopic (exact) mass is 261 g/mol. The predicted molar refractivity (Wildman–Crippen MR) is 72.2 cm³/mol. The number of anilines is 1. The highest BCUT2D eigenvalue weighted by atomic mass is 32.1. The van der Waals surface area contributed by atoms with Crippen LogP contribution in [0.1, 0.15) is 23.3 Å². The van der Waals surface area contributed by atoms with Crippen molar-refractivity contribution in [2.75, 3.05) is 24.6 Å². The minimum Gasteiger partial charge on any atom is -0.376 e. The third-order valence-electron chi connectivity index (χ3n) is 3.79. The Morgan fingerprint density at radius 1 is 1.22 bits per heavy atom. The maximum absolute atomic E-state index is 5.54. The van der Waals surface area contributed by atoms with Gasteiger partial charge < -0.3 is 9.64 Å². The first-order chi connectivity index (χ1) is 8.93. The average Bonchev–Trinajstić information content (AvgIpc) is 3.05. The Bertz CT molecular complexity index is 589. The summed E-state index contributed by atoms with van der Waals surface area (Å²) in [7, 11) is 0. The Balaban J connectivity index is 1.93. The van der Waals surface area contributed by atoms with Crippen LogP contribution in [-0.4, -0.2) is 29.7 Å². The first kappa shape index (κ1) is 10.7. The molecule has 0 bridgehead atoms. The molecule has 0 amide bonds. The quantitative estimate of drug-likeness (QED) is 0.790. The molecule has 0 spiro atoms. The molecule has 0 radical (unpaired) electrons. The van der Waals surface area contributed by atoms with Gasteiger partial charge in [0.2, 0.25) is 0 Å². The van der Waals surface area contributed by atoms with Crippen LogP contribution in [0.3, 0.4) is 0 Å². The highest BCUT2D eigenvalue weighted by molar-refractivity contribution is 7.18. The average molecular weight is 261 g/mol. The van der Waals surface area contributed by atoms with E-state index in [0.717, 1.165) is 43.4 Å². The number of rotatable bonds is 1. The van der Waals surface area contributed by atoms with Gasteiger partial charge in [-0.25, -0.2) is 9.97 Å². The molecule has 0 saturated carbocycles. The molecule has 94 valence electrons. The van der Waals surface area contributed by atoms with Crippen molar-refractivity contribution in [1.29, 1.82) is 0 Å². The number of thiophene rings is 1. The SMILES string of the molecule is c1nc(N2CCCC2)c2c3c(sc2n1)COCC3. The number of nitrogens with zero attached hydrogens (tertiary/aromatic N) is 3.